The topological polar surface area (TPSA) is 207 Å². The maximum absolute atomic E-state index is 12.3. The fourth-order valence-corrected chi connectivity index (χ4v) is 5.21. The van der Waals surface area contributed by atoms with Crippen molar-refractivity contribution in [1.82, 2.24) is 28.9 Å². The van der Waals surface area contributed by atoms with Gasteiger partial charge in [0.1, 0.15) is 37.0 Å². The number of aliphatic hydroxyl groups is 2. The minimum Gasteiger partial charge on any atom is -0.761 e. The van der Waals surface area contributed by atoms with Crippen LogP contribution in [0.15, 0.2) is 25.0 Å². The number of fused-ring (bicyclic) bond motifs is 1. The number of aromatic nitrogens is 6. The molecule has 6 atom stereocenters. The van der Waals surface area contributed by atoms with Gasteiger partial charge >= 0.3 is 11.6 Å². The fraction of sp³-hybridized carbons (Fsp3) is 0.526. The number of imidazole rings is 2. The number of aldehydes is 1. The van der Waals surface area contributed by atoms with Crippen LogP contribution in [0, 0.1) is 0 Å². The number of nitrogen functional groups attached to an aromatic ring is 1. The van der Waals surface area contributed by atoms with Crippen molar-refractivity contribution in [2.75, 3.05) is 18.9 Å². The lowest BCUT2D eigenvalue weighted by atomic mass is 10.1. The van der Waals surface area contributed by atoms with Crippen LogP contribution in [-0.4, -0.2) is 82.9 Å². The van der Waals surface area contributed by atoms with Crippen LogP contribution in [0.25, 0.3) is 11.2 Å². The Kier molecular flexibility index (Phi) is 6.50. The van der Waals surface area contributed by atoms with Gasteiger partial charge in [-0.2, -0.15) is 4.98 Å². The summed E-state index contributed by atoms with van der Waals surface area (Å²) in [6.07, 6.45) is 2.07. The molecule has 3 aromatic rings. The highest BCUT2D eigenvalue weighted by Crippen LogP contribution is 2.40. The first-order chi connectivity index (χ1) is 17.2. The second kappa shape index (κ2) is 9.48. The normalized spacial score (nSPS) is 28.5. The molecule has 0 aromatic carbocycles. The van der Waals surface area contributed by atoms with E-state index in [-0.39, 0.29) is 17.5 Å². The third-order valence-corrected chi connectivity index (χ3v) is 7.42. The highest BCUT2D eigenvalue weighted by atomic mass is 31.2. The average molecular weight is 524 g/mol. The Balaban J connectivity index is 1.40. The Bertz CT molecular complexity index is 1300. The van der Waals surface area contributed by atoms with Gasteiger partial charge in [-0.05, 0) is 12.8 Å². The summed E-state index contributed by atoms with van der Waals surface area (Å²) >= 11 is 0. The highest BCUT2D eigenvalue weighted by Gasteiger charge is 2.47. The summed E-state index contributed by atoms with van der Waals surface area (Å²) in [7, 11) is -2.84. The SMILES string of the molecule is Cn1c[n+]([C@@H]2O[C@H](COP(=O)([O-])n3ccnc3)[C@H](O)C2O)c2nc(N)nc(ON3CCC[C@H]3C=O)c21. The quantitative estimate of drug-likeness (QED) is 0.160. The lowest BCUT2D eigenvalue weighted by molar-refractivity contribution is -0.745. The van der Waals surface area contributed by atoms with Crippen LogP contribution >= 0.6 is 7.75 Å². The van der Waals surface area contributed by atoms with Crippen LogP contribution < -0.4 is 20.0 Å². The van der Waals surface area contributed by atoms with Crippen LogP contribution in [-0.2, 0) is 25.7 Å². The summed E-state index contributed by atoms with van der Waals surface area (Å²) in [6.45, 7) is -0.0211. The average Bonchev–Trinajstić information content (AvgIpc) is 3.62. The molecule has 194 valence electrons. The van der Waals surface area contributed by atoms with Crippen molar-refractivity contribution in [3.8, 4) is 5.88 Å². The molecule has 0 radical (unpaired) electrons. The molecule has 0 saturated carbocycles. The number of anilines is 1. The van der Waals surface area contributed by atoms with Crippen LogP contribution in [0.3, 0.4) is 0 Å². The van der Waals surface area contributed by atoms with E-state index in [9.17, 15) is 24.5 Å². The van der Waals surface area contributed by atoms with E-state index >= 15 is 0 Å². The molecule has 3 aromatic heterocycles. The van der Waals surface area contributed by atoms with Crippen molar-refractivity contribution in [2.24, 2.45) is 7.05 Å². The zero-order chi connectivity index (χ0) is 25.6. The second-order valence-electron chi connectivity index (χ2n) is 8.52. The number of ether oxygens (including phenoxy) is 1. The second-order valence-corrected chi connectivity index (χ2v) is 10.2. The van der Waals surface area contributed by atoms with E-state index in [1.54, 1.807) is 17.9 Å². The molecule has 2 unspecified atom stereocenters. The van der Waals surface area contributed by atoms with Crippen LogP contribution in [0.4, 0.5) is 5.95 Å². The van der Waals surface area contributed by atoms with Crippen molar-refractivity contribution in [3.05, 3.63) is 25.0 Å². The van der Waals surface area contributed by atoms with Crippen molar-refractivity contribution in [2.45, 2.75) is 43.4 Å². The first kappa shape index (κ1) is 24.7. The lowest BCUT2D eigenvalue weighted by Crippen LogP contribution is -2.46. The number of hydrogen-bond acceptors (Lipinski definition) is 13. The van der Waals surface area contributed by atoms with Crippen LogP contribution in [0.2, 0.25) is 0 Å². The van der Waals surface area contributed by atoms with E-state index in [0.717, 1.165) is 23.4 Å². The van der Waals surface area contributed by atoms with Crippen LogP contribution in [0.5, 0.6) is 5.88 Å². The van der Waals surface area contributed by atoms with Gasteiger partial charge in [-0.1, -0.05) is 4.98 Å². The summed E-state index contributed by atoms with van der Waals surface area (Å²) in [5.74, 6) is -0.0205. The number of carbonyl (C=O) groups excluding carboxylic acids is 1. The number of hydrogen-bond donors (Lipinski definition) is 3. The summed E-state index contributed by atoms with van der Waals surface area (Å²) in [5.41, 5.74) is 6.54. The van der Waals surface area contributed by atoms with Crippen molar-refractivity contribution in [1.29, 1.82) is 0 Å². The molecule has 16 nitrogen and oxygen atoms in total. The van der Waals surface area contributed by atoms with Gasteiger partial charge in [0.2, 0.25) is 19.5 Å². The Labute approximate surface area is 204 Å². The summed E-state index contributed by atoms with van der Waals surface area (Å²) in [4.78, 5) is 41.6. The zero-order valence-electron chi connectivity index (χ0n) is 19.1. The van der Waals surface area contributed by atoms with Gasteiger partial charge in [-0.3, -0.25) is 13.5 Å². The monoisotopic (exact) mass is 524 g/mol. The van der Waals surface area contributed by atoms with Gasteiger partial charge in [0.15, 0.2) is 6.33 Å². The molecule has 0 bridgehead atoms. The maximum atomic E-state index is 12.3. The first-order valence-electron chi connectivity index (χ1n) is 11.1. The Hall–Kier alpha value is -2.98. The zero-order valence-corrected chi connectivity index (χ0v) is 20.0. The molecule has 4 N–H and O–H groups in total. The molecular formula is C19H25N8O8P. The molecule has 5 heterocycles. The van der Waals surface area contributed by atoms with Gasteiger partial charge in [0.25, 0.3) is 5.88 Å². The number of hydroxylamine groups is 2. The number of nitrogens with zero attached hydrogens (tertiary/aromatic N) is 7. The van der Waals surface area contributed by atoms with Gasteiger partial charge in [-0.25, -0.2) is 9.55 Å². The predicted molar refractivity (Wildman–Crippen MR) is 117 cm³/mol. The maximum Gasteiger partial charge on any atom is 0.313 e. The number of aryl methyl sites for hydroxylation is 1. The molecule has 5 rings (SSSR count). The molecular weight excluding hydrogens is 499 g/mol. The summed E-state index contributed by atoms with van der Waals surface area (Å²) in [5, 5.41) is 22.8. The van der Waals surface area contributed by atoms with Crippen molar-refractivity contribution >= 4 is 31.1 Å². The Morgan fingerprint density at radius 3 is 2.92 bits per heavy atom. The largest absolute Gasteiger partial charge is 0.761 e. The Morgan fingerprint density at radius 1 is 1.39 bits per heavy atom. The third-order valence-electron chi connectivity index (χ3n) is 6.14. The number of rotatable bonds is 8. The van der Waals surface area contributed by atoms with Gasteiger partial charge < -0.3 is 39.7 Å². The summed E-state index contributed by atoms with van der Waals surface area (Å²) < 4.78 is 26.9. The molecule has 0 amide bonds. The highest BCUT2D eigenvalue weighted by molar-refractivity contribution is 7.49. The number of carbonyl (C=O) groups is 1. The summed E-state index contributed by atoms with van der Waals surface area (Å²) in [6, 6.07) is -0.418. The lowest BCUT2D eigenvalue weighted by Gasteiger charge is -2.25. The van der Waals surface area contributed by atoms with E-state index in [1.807, 2.05) is 0 Å². The molecule has 0 spiro atoms. The molecule has 2 fully saturated rings. The minimum atomic E-state index is -4.52. The van der Waals surface area contributed by atoms with E-state index in [2.05, 4.69) is 15.0 Å². The van der Waals surface area contributed by atoms with Gasteiger partial charge in [0, 0.05) is 18.9 Å². The smallest absolute Gasteiger partial charge is 0.313 e. The van der Waals surface area contributed by atoms with E-state index in [0.29, 0.717) is 18.5 Å². The van der Waals surface area contributed by atoms with E-state index in [4.69, 9.17) is 19.8 Å². The van der Waals surface area contributed by atoms with E-state index in [1.165, 1.54) is 22.0 Å². The molecule has 17 heteroatoms. The van der Waals surface area contributed by atoms with Gasteiger partial charge in [-0.15, -0.1) is 5.06 Å². The third kappa shape index (κ3) is 4.37. The molecule has 2 aliphatic heterocycles. The fourth-order valence-electron chi connectivity index (χ4n) is 4.33. The standard InChI is InChI=1S/C19H25N8O8P/c1-24-10-26(16-13(24)17(23-19(20)22-16)35-27-5-2-3-11(27)7-28)18-15(30)14(29)12(34-18)8-33-36(31,32)25-6-4-21-9-25/h4,6-7,9-12,14-15,18,29-30H,2-3,5,8H2,1H3,(H2-,20,22,23,31,32)/t11-,12+,14-,15?,18+/m0/s1. The van der Waals surface area contributed by atoms with Crippen LogP contribution in [0.1, 0.15) is 19.1 Å². The minimum absolute atomic E-state index is 0.105. The number of nitrogens with two attached hydrogens (primary N) is 1. The van der Waals surface area contributed by atoms with Gasteiger partial charge in [0.05, 0.1) is 13.7 Å². The molecule has 0 aliphatic carbocycles. The Morgan fingerprint density at radius 2 is 2.19 bits per heavy atom. The predicted octanol–water partition coefficient (Wildman–Crippen LogP) is -2.36. The molecule has 2 aliphatic rings. The molecule has 2 saturated heterocycles. The van der Waals surface area contributed by atoms with Crippen molar-refractivity contribution in [3.63, 3.8) is 0 Å². The molecule has 36 heavy (non-hydrogen) atoms. The van der Waals surface area contributed by atoms with E-state index < -0.39 is 44.9 Å². The number of aliphatic hydroxyl groups excluding tert-OH is 2. The first-order valence-corrected chi connectivity index (χ1v) is 12.6. The van der Waals surface area contributed by atoms with Crippen molar-refractivity contribution < 1.29 is 43.1 Å².